The molecular formula is C60H78O10. The van der Waals surface area contributed by atoms with E-state index in [1.54, 1.807) is 0 Å². The van der Waals surface area contributed by atoms with Crippen molar-refractivity contribution in [2.45, 2.75) is 167 Å². The summed E-state index contributed by atoms with van der Waals surface area (Å²) in [5.74, 6) is -1.74. The Balaban J connectivity index is 1.34. The number of carbonyl (C=O) groups is 4. The summed E-state index contributed by atoms with van der Waals surface area (Å²) in [6.07, 6.45) is 10.9. The van der Waals surface area contributed by atoms with Gasteiger partial charge in [0.25, 0.3) is 0 Å². The van der Waals surface area contributed by atoms with E-state index in [1.165, 1.54) is 61.1 Å². The van der Waals surface area contributed by atoms with Crippen LogP contribution in [0.3, 0.4) is 0 Å². The molecule has 378 valence electrons. The lowest BCUT2D eigenvalue weighted by Crippen LogP contribution is -2.30. The van der Waals surface area contributed by atoms with Gasteiger partial charge in [-0.1, -0.05) is 145 Å². The van der Waals surface area contributed by atoms with E-state index in [0.29, 0.717) is 30.6 Å². The molecule has 2 N–H and O–H groups in total. The molecule has 4 aromatic rings. The molecular weight excluding hydrogens is 881 g/mol. The van der Waals surface area contributed by atoms with E-state index in [4.69, 9.17) is 18.9 Å². The van der Waals surface area contributed by atoms with E-state index in [-0.39, 0.29) is 19.1 Å². The van der Waals surface area contributed by atoms with E-state index in [9.17, 15) is 29.4 Å². The average molecular weight is 959 g/mol. The van der Waals surface area contributed by atoms with Gasteiger partial charge in [-0.25, -0.2) is 19.2 Å². The van der Waals surface area contributed by atoms with Crippen LogP contribution in [0.1, 0.15) is 165 Å². The monoisotopic (exact) mass is 959 g/mol. The highest BCUT2D eigenvalue weighted by atomic mass is 16.6. The highest BCUT2D eigenvalue weighted by Gasteiger charge is 2.25. The van der Waals surface area contributed by atoms with Gasteiger partial charge in [-0.3, -0.25) is 0 Å². The van der Waals surface area contributed by atoms with Crippen LogP contribution in [-0.2, 0) is 38.1 Å². The molecule has 10 nitrogen and oxygen atoms in total. The molecule has 0 amide bonds. The van der Waals surface area contributed by atoms with Gasteiger partial charge < -0.3 is 29.2 Å². The van der Waals surface area contributed by atoms with E-state index < -0.39 is 48.3 Å². The van der Waals surface area contributed by atoms with Crippen LogP contribution in [0, 0.1) is 0 Å². The van der Waals surface area contributed by atoms with E-state index >= 15 is 0 Å². The van der Waals surface area contributed by atoms with Crippen molar-refractivity contribution in [3.05, 3.63) is 167 Å². The second kappa shape index (κ2) is 31.4. The smallest absolute Gasteiger partial charge is 0.347 e. The van der Waals surface area contributed by atoms with Gasteiger partial charge in [-0.15, -0.1) is 0 Å². The maximum absolute atomic E-state index is 12.5. The molecule has 0 fully saturated rings. The quantitative estimate of drug-likeness (QED) is 0.0216. The molecule has 0 spiro atoms. The predicted octanol–water partition coefficient (Wildman–Crippen LogP) is 12.4. The Morgan fingerprint density at radius 3 is 1.27 bits per heavy atom. The number of aliphatic hydroxyl groups is 2. The average Bonchev–Trinajstić information content (AvgIpc) is 3.37. The Bertz CT molecular complexity index is 2190. The van der Waals surface area contributed by atoms with Crippen molar-refractivity contribution >= 4 is 23.9 Å². The van der Waals surface area contributed by atoms with E-state index in [1.807, 2.05) is 12.1 Å². The van der Waals surface area contributed by atoms with Crippen molar-refractivity contribution in [3.8, 4) is 0 Å². The van der Waals surface area contributed by atoms with Gasteiger partial charge in [0.15, 0.2) is 12.2 Å². The molecule has 0 saturated carbocycles. The third kappa shape index (κ3) is 21.0. The molecule has 4 aromatic carbocycles. The standard InChI is InChI=1S/C60H78O10/c1-43(35-37-55(51-29-15-9-16-30-51)41-53(49-25-11-7-12-26-49)33-19-20-39-67-59(65)47(5)69-57(63)45(3)61)23-21-24-44(2)36-38-56(52-31-17-10-18-32-52)42-54(50-27-13-8-14-28-50)34-22-40-68-60(66)48(6)70-58(64)46(4)62/h7-18,24-32,35,45-48,53-56,61-62H,19-23,33-34,36-42H2,1-6H3/b43-35+,44-24+. The van der Waals surface area contributed by atoms with Crippen molar-refractivity contribution in [1.82, 2.24) is 0 Å². The maximum Gasteiger partial charge on any atom is 0.347 e. The Hall–Kier alpha value is -5.84. The largest absolute Gasteiger partial charge is 0.463 e. The normalized spacial score (nSPS) is 15.3. The first-order chi connectivity index (χ1) is 33.7. The Morgan fingerprint density at radius 1 is 0.457 bits per heavy atom. The number of unbranched alkanes of at least 4 members (excludes halogenated alkanes) is 1. The second-order valence-corrected chi connectivity index (χ2v) is 18.8. The summed E-state index contributed by atoms with van der Waals surface area (Å²) in [6.45, 7) is 10.4. The minimum Gasteiger partial charge on any atom is -0.463 e. The van der Waals surface area contributed by atoms with Gasteiger partial charge in [-0.2, -0.15) is 0 Å². The highest BCUT2D eigenvalue weighted by molar-refractivity contribution is 5.81. The molecule has 8 atom stereocenters. The van der Waals surface area contributed by atoms with E-state index in [0.717, 1.165) is 64.2 Å². The molecule has 4 rings (SSSR count). The Labute approximate surface area is 417 Å². The van der Waals surface area contributed by atoms with Crippen LogP contribution in [0.2, 0.25) is 0 Å². The fourth-order valence-corrected chi connectivity index (χ4v) is 8.76. The molecule has 0 aliphatic rings. The lowest BCUT2D eigenvalue weighted by Gasteiger charge is -2.25. The predicted molar refractivity (Wildman–Crippen MR) is 276 cm³/mol. The first-order valence-corrected chi connectivity index (χ1v) is 25.3. The fraction of sp³-hybridized carbons (Fsp3) is 0.467. The Kier molecular flexibility index (Phi) is 25.5. The van der Waals surface area contributed by atoms with Crippen LogP contribution in [0.4, 0.5) is 0 Å². The van der Waals surface area contributed by atoms with Crippen molar-refractivity contribution < 1.29 is 48.3 Å². The zero-order valence-corrected chi connectivity index (χ0v) is 42.4. The summed E-state index contributed by atoms with van der Waals surface area (Å²) in [6, 6.07) is 42.7. The number of hydrogen-bond donors (Lipinski definition) is 2. The number of rotatable bonds is 31. The van der Waals surface area contributed by atoms with Crippen LogP contribution < -0.4 is 0 Å². The van der Waals surface area contributed by atoms with Crippen LogP contribution in [-0.4, -0.2) is 71.7 Å². The molecule has 0 aromatic heterocycles. The molecule has 0 radical (unpaired) electrons. The molecule has 0 aliphatic heterocycles. The zero-order valence-electron chi connectivity index (χ0n) is 42.4. The maximum atomic E-state index is 12.5. The summed E-state index contributed by atoms with van der Waals surface area (Å²) in [5.41, 5.74) is 7.98. The molecule has 70 heavy (non-hydrogen) atoms. The number of aliphatic hydroxyl groups excluding tert-OH is 2. The summed E-state index contributed by atoms with van der Waals surface area (Å²) in [4.78, 5) is 48.4. The van der Waals surface area contributed by atoms with Crippen molar-refractivity contribution in [3.63, 3.8) is 0 Å². The van der Waals surface area contributed by atoms with Gasteiger partial charge >= 0.3 is 23.9 Å². The first-order valence-electron chi connectivity index (χ1n) is 25.3. The summed E-state index contributed by atoms with van der Waals surface area (Å²) in [5, 5.41) is 18.8. The lowest BCUT2D eigenvalue weighted by atomic mass is 9.80. The molecule has 0 bridgehead atoms. The van der Waals surface area contributed by atoms with Crippen molar-refractivity contribution in [2.75, 3.05) is 13.2 Å². The van der Waals surface area contributed by atoms with E-state index in [2.05, 4.69) is 135 Å². The van der Waals surface area contributed by atoms with Crippen molar-refractivity contribution in [2.24, 2.45) is 0 Å². The third-order valence-electron chi connectivity index (χ3n) is 13.0. The highest BCUT2D eigenvalue weighted by Crippen LogP contribution is 2.38. The summed E-state index contributed by atoms with van der Waals surface area (Å²) < 4.78 is 20.9. The van der Waals surface area contributed by atoms with Gasteiger partial charge in [0, 0.05) is 0 Å². The minimum absolute atomic E-state index is 0.212. The lowest BCUT2D eigenvalue weighted by molar-refractivity contribution is -0.171. The molecule has 0 aliphatic carbocycles. The summed E-state index contributed by atoms with van der Waals surface area (Å²) in [7, 11) is 0. The van der Waals surface area contributed by atoms with Crippen LogP contribution in [0.5, 0.6) is 0 Å². The number of ether oxygens (including phenoxy) is 4. The van der Waals surface area contributed by atoms with Crippen LogP contribution >= 0.6 is 0 Å². The molecule has 0 saturated heterocycles. The molecule has 8 unspecified atom stereocenters. The minimum atomic E-state index is -1.31. The first kappa shape index (κ1) is 56.7. The second-order valence-electron chi connectivity index (χ2n) is 18.8. The van der Waals surface area contributed by atoms with Crippen LogP contribution in [0.25, 0.3) is 0 Å². The SMILES string of the molecule is C/C(=C\CC(CC(CCCCOC(=O)C(C)OC(=O)C(C)O)c1ccccc1)c1ccccc1)CC/C=C(\C)CCC(CC(CCCOC(=O)C(C)OC(=O)C(C)O)c1ccccc1)c1ccccc1. The van der Waals surface area contributed by atoms with Gasteiger partial charge in [0.2, 0.25) is 0 Å². The molecule has 10 heteroatoms. The summed E-state index contributed by atoms with van der Waals surface area (Å²) >= 11 is 0. The zero-order chi connectivity index (χ0) is 50.7. The number of hydrogen-bond acceptors (Lipinski definition) is 10. The molecule has 0 heterocycles. The van der Waals surface area contributed by atoms with Gasteiger partial charge in [0.05, 0.1) is 13.2 Å². The topological polar surface area (TPSA) is 146 Å². The van der Waals surface area contributed by atoms with Gasteiger partial charge in [0.1, 0.15) is 12.2 Å². The van der Waals surface area contributed by atoms with Crippen LogP contribution in [0.15, 0.2) is 145 Å². The number of benzene rings is 4. The van der Waals surface area contributed by atoms with Gasteiger partial charge in [-0.05, 0) is 165 Å². The fourth-order valence-electron chi connectivity index (χ4n) is 8.76. The third-order valence-corrected chi connectivity index (χ3v) is 13.0. The number of esters is 4. The number of carbonyl (C=O) groups excluding carboxylic acids is 4. The van der Waals surface area contributed by atoms with Crippen molar-refractivity contribution in [1.29, 1.82) is 0 Å². The Morgan fingerprint density at radius 2 is 0.829 bits per heavy atom. The number of allylic oxidation sites excluding steroid dienone is 4.